The first-order valence-electron chi connectivity index (χ1n) is 9.01. The van der Waals surface area contributed by atoms with Crippen LogP contribution < -0.4 is 5.56 Å². The number of imidazole rings is 1. The van der Waals surface area contributed by atoms with Crippen LogP contribution in [0.25, 0.3) is 0 Å². The largest absolute Gasteiger partial charge is 0.343 e. The Balaban J connectivity index is 1.71. The standard InChI is InChI=1S/C19H25N5O3/c1-13-6-5-7-17(26)23(13)9-8-16(25)22-10-11-24-15(12-22)20-14(2)18(24)19(27)21(3)4/h5-7H,8-12H2,1-4H3. The summed E-state index contributed by atoms with van der Waals surface area (Å²) in [5.74, 6) is 0.632. The molecular formula is C19H25N5O3. The van der Waals surface area contributed by atoms with Crippen LogP contribution in [0.15, 0.2) is 23.0 Å². The van der Waals surface area contributed by atoms with Gasteiger partial charge in [-0.1, -0.05) is 6.07 Å². The number of hydrogen-bond acceptors (Lipinski definition) is 4. The number of carbonyl (C=O) groups excluding carboxylic acids is 2. The lowest BCUT2D eigenvalue weighted by atomic mass is 10.2. The quantitative estimate of drug-likeness (QED) is 0.796. The maximum Gasteiger partial charge on any atom is 0.271 e. The van der Waals surface area contributed by atoms with Crippen molar-refractivity contribution in [3.63, 3.8) is 0 Å². The van der Waals surface area contributed by atoms with E-state index in [1.165, 1.54) is 11.0 Å². The Labute approximate surface area is 158 Å². The number of amides is 2. The van der Waals surface area contributed by atoms with E-state index in [1.54, 1.807) is 29.6 Å². The van der Waals surface area contributed by atoms with Crippen LogP contribution in [-0.2, 0) is 24.4 Å². The van der Waals surface area contributed by atoms with Gasteiger partial charge in [-0.05, 0) is 19.9 Å². The second-order valence-corrected chi connectivity index (χ2v) is 7.04. The Morgan fingerprint density at radius 3 is 2.59 bits per heavy atom. The summed E-state index contributed by atoms with van der Waals surface area (Å²) in [5.41, 5.74) is 2.02. The van der Waals surface area contributed by atoms with Gasteiger partial charge in [0.25, 0.3) is 11.5 Å². The van der Waals surface area contributed by atoms with E-state index in [4.69, 9.17) is 0 Å². The van der Waals surface area contributed by atoms with Crippen LogP contribution in [0.2, 0.25) is 0 Å². The monoisotopic (exact) mass is 371 g/mol. The molecule has 3 heterocycles. The van der Waals surface area contributed by atoms with Crippen LogP contribution >= 0.6 is 0 Å². The fourth-order valence-electron chi connectivity index (χ4n) is 3.43. The first-order valence-corrected chi connectivity index (χ1v) is 9.01. The average molecular weight is 371 g/mol. The third-order valence-electron chi connectivity index (χ3n) is 4.93. The second kappa shape index (κ2) is 7.38. The normalized spacial score (nSPS) is 13.4. The molecule has 2 aromatic heterocycles. The van der Waals surface area contributed by atoms with Crippen molar-refractivity contribution in [1.29, 1.82) is 0 Å². The van der Waals surface area contributed by atoms with Gasteiger partial charge in [-0.25, -0.2) is 4.98 Å². The fourth-order valence-corrected chi connectivity index (χ4v) is 3.43. The first-order chi connectivity index (χ1) is 12.8. The van der Waals surface area contributed by atoms with E-state index in [1.807, 2.05) is 24.5 Å². The topological polar surface area (TPSA) is 80.4 Å². The second-order valence-electron chi connectivity index (χ2n) is 7.04. The zero-order valence-corrected chi connectivity index (χ0v) is 16.2. The third kappa shape index (κ3) is 3.65. The molecule has 0 aromatic carbocycles. The summed E-state index contributed by atoms with van der Waals surface area (Å²) in [5, 5.41) is 0. The van der Waals surface area contributed by atoms with E-state index in [0.29, 0.717) is 37.6 Å². The zero-order chi connectivity index (χ0) is 19.7. The summed E-state index contributed by atoms with van der Waals surface area (Å²) in [6, 6.07) is 5.08. The molecule has 1 aliphatic heterocycles. The SMILES string of the molecule is Cc1nc2n(c1C(=O)N(C)C)CCN(C(=O)CCn1c(C)cccc1=O)C2. The van der Waals surface area contributed by atoms with Crippen LogP contribution in [0.4, 0.5) is 0 Å². The highest BCUT2D eigenvalue weighted by Gasteiger charge is 2.28. The van der Waals surface area contributed by atoms with Gasteiger partial charge < -0.3 is 18.9 Å². The van der Waals surface area contributed by atoms with Gasteiger partial charge >= 0.3 is 0 Å². The number of hydrogen-bond donors (Lipinski definition) is 0. The molecule has 0 unspecified atom stereocenters. The summed E-state index contributed by atoms with van der Waals surface area (Å²) in [6.45, 7) is 5.48. The molecule has 144 valence electrons. The van der Waals surface area contributed by atoms with Crippen LogP contribution in [0.5, 0.6) is 0 Å². The molecule has 8 heteroatoms. The van der Waals surface area contributed by atoms with E-state index in [-0.39, 0.29) is 23.8 Å². The van der Waals surface area contributed by atoms with Crippen molar-refractivity contribution in [2.45, 2.75) is 39.9 Å². The number of aryl methyl sites for hydroxylation is 2. The van der Waals surface area contributed by atoms with Crippen molar-refractivity contribution in [3.05, 3.63) is 51.5 Å². The Morgan fingerprint density at radius 2 is 1.93 bits per heavy atom. The molecule has 8 nitrogen and oxygen atoms in total. The summed E-state index contributed by atoms with van der Waals surface area (Å²) < 4.78 is 3.52. The molecule has 0 atom stereocenters. The van der Waals surface area contributed by atoms with Crippen LogP contribution in [0, 0.1) is 13.8 Å². The molecule has 3 rings (SSSR count). The van der Waals surface area contributed by atoms with Gasteiger partial charge in [-0.3, -0.25) is 14.4 Å². The van der Waals surface area contributed by atoms with Crippen molar-refractivity contribution < 1.29 is 9.59 Å². The molecule has 0 saturated carbocycles. The predicted octanol–water partition coefficient (Wildman–Crippen LogP) is 0.796. The lowest BCUT2D eigenvalue weighted by molar-refractivity contribution is -0.133. The Morgan fingerprint density at radius 1 is 1.19 bits per heavy atom. The van der Waals surface area contributed by atoms with Crippen molar-refractivity contribution in [3.8, 4) is 0 Å². The summed E-state index contributed by atoms with van der Waals surface area (Å²) in [7, 11) is 3.43. The number of pyridine rings is 1. The Hall–Kier alpha value is -2.90. The molecule has 0 saturated heterocycles. The molecule has 2 amide bonds. The molecule has 0 bridgehead atoms. The molecule has 2 aromatic rings. The highest BCUT2D eigenvalue weighted by Crippen LogP contribution is 2.19. The van der Waals surface area contributed by atoms with E-state index in [2.05, 4.69) is 4.98 Å². The number of nitrogens with zero attached hydrogens (tertiary/aromatic N) is 5. The number of rotatable bonds is 4. The number of fused-ring (bicyclic) bond motifs is 1. The van der Waals surface area contributed by atoms with Crippen molar-refractivity contribution in [2.75, 3.05) is 20.6 Å². The lowest BCUT2D eigenvalue weighted by Crippen LogP contribution is -2.40. The molecule has 0 spiro atoms. The van der Waals surface area contributed by atoms with Gasteiger partial charge in [0, 0.05) is 51.9 Å². The van der Waals surface area contributed by atoms with Gasteiger partial charge in [0.1, 0.15) is 11.5 Å². The van der Waals surface area contributed by atoms with Crippen LogP contribution in [0.3, 0.4) is 0 Å². The molecule has 0 fully saturated rings. The molecule has 1 aliphatic rings. The summed E-state index contributed by atoms with van der Waals surface area (Å²) >= 11 is 0. The Kier molecular flexibility index (Phi) is 5.16. The minimum atomic E-state index is -0.0977. The number of carbonyl (C=O) groups is 2. The van der Waals surface area contributed by atoms with Crippen molar-refractivity contribution in [2.24, 2.45) is 0 Å². The van der Waals surface area contributed by atoms with Crippen molar-refractivity contribution in [1.82, 2.24) is 23.9 Å². The minimum absolute atomic E-state index is 0.0162. The fraction of sp³-hybridized carbons (Fsp3) is 0.474. The zero-order valence-electron chi connectivity index (χ0n) is 16.2. The number of aromatic nitrogens is 3. The van der Waals surface area contributed by atoms with Gasteiger partial charge in [0.05, 0.1) is 12.2 Å². The van der Waals surface area contributed by atoms with E-state index >= 15 is 0 Å². The van der Waals surface area contributed by atoms with Gasteiger partial charge in [-0.2, -0.15) is 0 Å². The first kappa shape index (κ1) is 18.9. The predicted molar refractivity (Wildman–Crippen MR) is 100 cm³/mol. The minimum Gasteiger partial charge on any atom is -0.343 e. The summed E-state index contributed by atoms with van der Waals surface area (Å²) in [4.78, 5) is 44.7. The highest BCUT2D eigenvalue weighted by molar-refractivity contribution is 5.93. The van der Waals surface area contributed by atoms with Crippen LogP contribution in [-0.4, -0.2) is 56.4 Å². The molecule has 27 heavy (non-hydrogen) atoms. The maximum absolute atomic E-state index is 12.6. The van der Waals surface area contributed by atoms with Gasteiger partial charge in [0.15, 0.2) is 0 Å². The highest BCUT2D eigenvalue weighted by atomic mass is 16.2. The van der Waals surface area contributed by atoms with Gasteiger partial charge in [-0.15, -0.1) is 0 Å². The molecule has 0 aliphatic carbocycles. The Bertz CT molecular complexity index is 941. The lowest BCUT2D eigenvalue weighted by Gasteiger charge is -2.29. The average Bonchev–Trinajstić information content (AvgIpc) is 2.95. The third-order valence-corrected chi connectivity index (χ3v) is 4.93. The molecule has 0 radical (unpaired) electrons. The molecule has 0 N–H and O–H groups in total. The maximum atomic E-state index is 12.6. The van der Waals surface area contributed by atoms with Crippen LogP contribution in [0.1, 0.15) is 34.1 Å². The van der Waals surface area contributed by atoms with Crippen molar-refractivity contribution >= 4 is 11.8 Å². The van der Waals surface area contributed by atoms with E-state index in [9.17, 15) is 14.4 Å². The summed E-state index contributed by atoms with van der Waals surface area (Å²) in [6.07, 6.45) is 0.258. The van der Waals surface area contributed by atoms with E-state index in [0.717, 1.165) is 11.5 Å². The molecular weight excluding hydrogens is 346 g/mol. The smallest absolute Gasteiger partial charge is 0.271 e. The van der Waals surface area contributed by atoms with Gasteiger partial charge in [0.2, 0.25) is 5.91 Å². The van der Waals surface area contributed by atoms with E-state index < -0.39 is 0 Å².